The number of hydrogen-bond acceptors (Lipinski definition) is 9. The first-order valence-corrected chi connectivity index (χ1v) is 11.3. The number of nitrogens with one attached hydrogen (secondary N) is 3. The largest absolute Gasteiger partial charge is 0.495 e. The number of ether oxygens (including phenoxy) is 2. The molecule has 4 N–H and O–H groups in total. The Morgan fingerprint density at radius 1 is 1.16 bits per heavy atom. The molecule has 0 spiro atoms. The highest BCUT2D eigenvalue weighted by atomic mass is 35.5. The SMILES string of the molecule is C=CC(=O)Nc1cn(CCO)nc1Nc1cc(N(C)C(=O)Nc2c(Cl)c(OC)cc(OC)c2Cl)ncn1. The Balaban J connectivity index is 1.84. The lowest BCUT2D eigenvalue weighted by Crippen LogP contribution is -2.32. The molecule has 13 nitrogen and oxygen atoms in total. The van der Waals surface area contributed by atoms with E-state index in [2.05, 4.69) is 37.6 Å². The van der Waals surface area contributed by atoms with Crippen molar-refractivity contribution in [2.45, 2.75) is 6.54 Å². The first-order valence-electron chi connectivity index (χ1n) is 10.6. The lowest BCUT2D eigenvalue weighted by Gasteiger charge is -2.20. The van der Waals surface area contributed by atoms with Gasteiger partial charge < -0.3 is 30.5 Å². The molecule has 0 aliphatic heterocycles. The molecule has 3 aromatic rings. The third kappa shape index (κ3) is 6.39. The number of carbonyl (C=O) groups is 2. The molecule has 0 bridgehead atoms. The van der Waals surface area contributed by atoms with E-state index in [1.165, 1.54) is 55.5 Å². The average Bonchev–Trinajstić information content (AvgIpc) is 3.26. The lowest BCUT2D eigenvalue weighted by atomic mass is 10.2. The molecule has 0 aliphatic rings. The molecule has 3 amide bonds. The highest BCUT2D eigenvalue weighted by Crippen LogP contribution is 2.44. The van der Waals surface area contributed by atoms with Gasteiger partial charge in [0.2, 0.25) is 5.91 Å². The van der Waals surface area contributed by atoms with Crippen molar-refractivity contribution in [2.24, 2.45) is 0 Å². The summed E-state index contributed by atoms with van der Waals surface area (Å²) in [6.07, 6.45) is 3.89. The molecule has 196 valence electrons. The Morgan fingerprint density at radius 2 is 1.84 bits per heavy atom. The molecule has 0 aliphatic carbocycles. The summed E-state index contributed by atoms with van der Waals surface area (Å²) in [5.74, 6) is 0.805. The maximum Gasteiger partial charge on any atom is 0.327 e. The van der Waals surface area contributed by atoms with Crippen LogP contribution in [0, 0.1) is 0 Å². The number of anilines is 5. The third-order valence-electron chi connectivity index (χ3n) is 4.89. The summed E-state index contributed by atoms with van der Waals surface area (Å²) >= 11 is 12.7. The number of halogens is 2. The molecule has 1 aromatic carbocycles. The quantitative estimate of drug-likeness (QED) is 0.277. The van der Waals surface area contributed by atoms with Crippen molar-refractivity contribution >= 4 is 64.0 Å². The smallest absolute Gasteiger partial charge is 0.327 e. The predicted molar refractivity (Wildman–Crippen MR) is 140 cm³/mol. The number of aromatic nitrogens is 4. The minimum atomic E-state index is -0.616. The van der Waals surface area contributed by atoms with Gasteiger partial charge >= 0.3 is 6.03 Å². The number of hydrogen-bond donors (Lipinski definition) is 4. The molecule has 15 heteroatoms. The zero-order valence-electron chi connectivity index (χ0n) is 20.1. The normalized spacial score (nSPS) is 10.4. The second-order valence-corrected chi connectivity index (χ2v) is 7.99. The highest BCUT2D eigenvalue weighted by molar-refractivity contribution is 6.41. The molecule has 3 rings (SSSR count). The van der Waals surface area contributed by atoms with E-state index in [4.69, 9.17) is 32.7 Å². The van der Waals surface area contributed by atoms with Crippen LogP contribution in [-0.4, -0.2) is 64.7 Å². The van der Waals surface area contributed by atoms with Gasteiger partial charge in [-0.25, -0.2) is 14.8 Å². The van der Waals surface area contributed by atoms with Crippen molar-refractivity contribution in [2.75, 3.05) is 48.7 Å². The van der Waals surface area contributed by atoms with Gasteiger partial charge in [0.1, 0.15) is 45.2 Å². The van der Waals surface area contributed by atoms with Gasteiger partial charge in [-0.1, -0.05) is 29.8 Å². The van der Waals surface area contributed by atoms with Crippen molar-refractivity contribution in [3.8, 4) is 11.5 Å². The number of benzene rings is 1. The molecule has 2 aromatic heterocycles. The number of nitrogens with zero attached hydrogens (tertiary/aromatic N) is 5. The van der Waals surface area contributed by atoms with Gasteiger partial charge in [-0.15, -0.1) is 0 Å². The molecule has 0 unspecified atom stereocenters. The zero-order valence-corrected chi connectivity index (χ0v) is 21.6. The summed E-state index contributed by atoms with van der Waals surface area (Å²) in [6, 6.07) is 2.37. The number of urea groups is 1. The molecule has 37 heavy (non-hydrogen) atoms. The summed E-state index contributed by atoms with van der Waals surface area (Å²) in [7, 11) is 4.32. The van der Waals surface area contributed by atoms with Gasteiger partial charge in [-0.05, 0) is 6.08 Å². The van der Waals surface area contributed by atoms with Crippen LogP contribution in [0.25, 0.3) is 0 Å². The number of amides is 3. The Labute approximate surface area is 222 Å². The summed E-state index contributed by atoms with van der Waals surface area (Å²) in [6.45, 7) is 3.48. The van der Waals surface area contributed by atoms with Gasteiger partial charge in [0, 0.05) is 19.2 Å². The van der Waals surface area contributed by atoms with E-state index < -0.39 is 11.9 Å². The standard InChI is InChI=1S/C22H24Cl2N8O5/c1-5-17(34)27-12-10-32(6-7-33)30-21(12)28-15-9-16(26-11-25-15)31(2)22(35)29-20-18(23)13(36-3)8-14(37-4)19(20)24/h5,8-11,33H,1,6-7H2,2-4H3,(H,27,34)(H,29,35)(H,25,26,28,30). The molecule has 0 saturated carbocycles. The van der Waals surface area contributed by atoms with Crippen LogP contribution in [0.5, 0.6) is 11.5 Å². The van der Waals surface area contributed by atoms with Crippen molar-refractivity contribution < 1.29 is 24.2 Å². The van der Waals surface area contributed by atoms with Crippen molar-refractivity contribution in [1.29, 1.82) is 0 Å². The van der Waals surface area contributed by atoms with Crippen LogP contribution >= 0.6 is 23.2 Å². The molecule has 0 fully saturated rings. The third-order valence-corrected chi connectivity index (χ3v) is 5.64. The molecule has 0 atom stereocenters. The predicted octanol–water partition coefficient (Wildman–Crippen LogP) is 3.53. The number of carbonyl (C=O) groups excluding carboxylic acids is 2. The van der Waals surface area contributed by atoms with Gasteiger partial charge in [0.05, 0.1) is 39.3 Å². The zero-order chi connectivity index (χ0) is 27.1. The Bertz CT molecular complexity index is 1290. The number of methoxy groups -OCH3 is 2. The molecule has 0 radical (unpaired) electrons. The van der Waals surface area contributed by atoms with E-state index in [1.807, 2.05) is 0 Å². The van der Waals surface area contributed by atoms with Crippen molar-refractivity contribution in [1.82, 2.24) is 19.7 Å². The minimum absolute atomic E-state index is 0.0904. The Kier molecular flexibility index (Phi) is 9.11. The van der Waals surface area contributed by atoms with E-state index in [0.29, 0.717) is 5.69 Å². The number of aliphatic hydroxyl groups is 1. The second kappa shape index (κ2) is 12.3. The maximum absolute atomic E-state index is 13.0. The van der Waals surface area contributed by atoms with Gasteiger partial charge in [-0.3, -0.25) is 14.4 Å². The first-order chi connectivity index (χ1) is 17.7. The van der Waals surface area contributed by atoms with E-state index in [-0.39, 0.29) is 57.8 Å². The fraction of sp³-hybridized carbons (Fsp3) is 0.227. The maximum atomic E-state index is 13.0. The fourth-order valence-electron chi connectivity index (χ4n) is 3.02. The van der Waals surface area contributed by atoms with Crippen LogP contribution in [0.4, 0.5) is 33.6 Å². The second-order valence-electron chi connectivity index (χ2n) is 7.23. The van der Waals surface area contributed by atoms with Crippen LogP contribution < -0.4 is 30.3 Å². The Hall–Kier alpha value is -4.07. The first kappa shape index (κ1) is 27.5. The van der Waals surface area contributed by atoms with Crippen LogP contribution in [-0.2, 0) is 11.3 Å². The molecule has 0 saturated heterocycles. The average molecular weight is 551 g/mol. The van der Waals surface area contributed by atoms with Crippen LogP contribution in [0.15, 0.2) is 37.3 Å². The highest BCUT2D eigenvalue weighted by Gasteiger charge is 2.22. The van der Waals surface area contributed by atoms with Gasteiger partial charge in [0.15, 0.2) is 5.82 Å². The fourth-order valence-corrected chi connectivity index (χ4v) is 3.61. The van der Waals surface area contributed by atoms with E-state index in [1.54, 1.807) is 0 Å². The van der Waals surface area contributed by atoms with E-state index in [0.717, 1.165) is 6.08 Å². The summed E-state index contributed by atoms with van der Waals surface area (Å²) in [5.41, 5.74) is 0.432. The van der Waals surface area contributed by atoms with Crippen molar-refractivity contribution in [3.05, 3.63) is 47.4 Å². The monoisotopic (exact) mass is 550 g/mol. The van der Waals surface area contributed by atoms with E-state index in [9.17, 15) is 14.7 Å². The lowest BCUT2D eigenvalue weighted by molar-refractivity contribution is -0.111. The van der Waals surface area contributed by atoms with Crippen LogP contribution in [0.2, 0.25) is 10.0 Å². The van der Waals surface area contributed by atoms with E-state index >= 15 is 0 Å². The number of aliphatic hydroxyl groups excluding tert-OH is 1. The molecule has 2 heterocycles. The van der Waals surface area contributed by atoms with Gasteiger partial charge in [0.25, 0.3) is 0 Å². The van der Waals surface area contributed by atoms with Crippen LogP contribution in [0.1, 0.15) is 0 Å². The molecular formula is C22H24Cl2N8O5. The summed E-state index contributed by atoms with van der Waals surface area (Å²) in [5, 5.41) is 21.9. The van der Waals surface area contributed by atoms with Crippen molar-refractivity contribution in [3.63, 3.8) is 0 Å². The molecular weight excluding hydrogens is 527 g/mol. The number of rotatable bonds is 10. The minimum Gasteiger partial charge on any atom is -0.495 e. The summed E-state index contributed by atoms with van der Waals surface area (Å²) < 4.78 is 11.9. The topological polar surface area (TPSA) is 156 Å². The van der Waals surface area contributed by atoms with Gasteiger partial charge in [-0.2, -0.15) is 5.10 Å². The summed E-state index contributed by atoms with van der Waals surface area (Å²) in [4.78, 5) is 34.3. The van der Waals surface area contributed by atoms with Crippen LogP contribution in [0.3, 0.4) is 0 Å². The Morgan fingerprint density at radius 3 is 2.43 bits per heavy atom.